The number of halogens is 1. The Morgan fingerprint density at radius 2 is 1.64 bits per heavy atom. The van der Waals surface area contributed by atoms with Crippen molar-refractivity contribution in [2.75, 3.05) is 6.61 Å². The highest BCUT2D eigenvalue weighted by Crippen LogP contribution is 2.48. The summed E-state index contributed by atoms with van der Waals surface area (Å²) in [6, 6.07) is 22.9. The largest absolute Gasteiger partial charge is 0.494 e. The number of hydrazone groups is 1. The highest BCUT2D eigenvalue weighted by Gasteiger charge is 2.41. The molecule has 5 rings (SSSR count). The third-order valence-corrected chi connectivity index (χ3v) is 7.74. The number of ether oxygens (including phenoxy) is 3. The molecule has 0 saturated carbocycles. The summed E-state index contributed by atoms with van der Waals surface area (Å²) in [7, 11) is 0. The average molecular weight is 592 g/mol. The fourth-order valence-electron chi connectivity index (χ4n) is 5.25. The summed E-state index contributed by atoms with van der Waals surface area (Å²) in [5.74, 6) is 2.68. The molecule has 0 spiro atoms. The van der Waals surface area contributed by atoms with Gasteiger partial charge < -0.3 is 14.2 Å². The monoisotopic (exact) mass is 590 g/mol. The molecule has 0 unspecified atom stereocenters. The van der Waals surface area contributed by atoms with Crippen molar-refractivity contribution in [2.45, 2.75) is 84.1 Å². The van der Waals surface area contributed by atoms with E-state index in [2.05, 4.69) is 76.4 Å². The van der Waals surface area contributed by atoms with E-state index >= 15 is 0 Å². The first-order valence-corrected chi connectivity index (χ1v) is 15.1. The molecule has 2 aliphatic rings. The molecule has 39 heavy (non-hydrogen) atoms. The molecule has 0 radical (unpaired) electrons. The summed E-state index contributed by atoms with van der Waals surface area (Å²) in [5.41, 5.74) is 4.37. The maximum Gasteiger partial charge on any atom is 0.213 e. The van der Waals surface area contributed by atoms with Crippen molar-refractivity contribution in [1.82, 2.24) is 5.01 Å². The number of benzene rings is 3. The van der Waals surface area contributed by atoms with Gasteiger partial charge in [-0.05, 0) is 92.6 Å². The summed E-state index contributed by atoms with van der Waals surface area (Å²) in [4.78, 5) is 0. The lowest BCUT2D eigenvalue weighted by Gasteiger charge is -2.38. The lowest BCUT2D eigenvalue weighted by Crippen LogP contribution is -2.33. The van der Waals surface area contributed by atoms with Crippen molar-refractivity contribution in [3.05, 3.63) is 87.9 Å². The third kappa shape index (κ3) is 6.78. The van der Waals surface area contributed by atoms with Crippen LogP contribution in [0.15, 0.2) is 76.3 Å². The number of fused-ring (bicyclic) bond motifs is 3. The molecule has 6 heteroatoms. The van der Waals surface area contributed by atoms with E-state index in [0.717, 1.165) is 63.6 Å². The van der Waals surface area contributed by atoms with Crippen LogP contribution in [0, 0.1) is 0 Å². The van der Waals surface area contributed by atoms with Gasteiger partial charge >= 0.3 is 0 Å². The smallest absolute Gasteiger partial charge is 0.213 e. The van der Waals surface area contributed by atoms with Crippen LogP contribution >= 0.6 is 15.9 Å². The maximum absolute atomic E-state index is 6.56. The molecule has 5 nitrogen and oxygen atoms in total. The Morgan fingerprint density at radius 1 is 0.923 bits per heavy atom. The van der Waals surface area contributed by atoms with Gasteiger partial charge in [0.1, 0.15) is 17.2 Å². The predicted molar refractivity (Wildman–Crippen MR) is 161 cm³/mol. The van der Waals surface area contributed by atoms with Crippen LogP contribution < -0.4 is 14.2 Å². The highest BCUT2D eigenvalue weighted by atomic mass is 79.9. The van der Waals surface area contributed by atoms with Crippen LogP contribution in [0.4, 0.5) is 0 Å². The minimum Gasteiger partial charge on any atom is -0.494 e. The molecular formula is C33H39BrN2O3. The highest BCUT2D eigenvalue weighted by molar-refractivity contribution is 9.10. The van der Waals surface area contributed by atoms with Gasteiger partial charge in [0.25, 0.3) is 0 Å². The second-order valence-corrected chi connectivity index (χ2v) is 11.6. The number of rotatable bonds is 12. The molecule has 2 atom stereocenters. The second kappa shape index (κ2) is 12.9. The molecule has 0 N–H and O–H groups in total. The Balaban J connectivity index is 1.31. The van der Waals surface area contributed by atoms with Crippen LogP contribution in [0.3, 0.4) is 0 Å². The molecule has 2 heterocycles. The molecule has 0 saturated heterocycles. The topological polar surface area (TPSA) is 43.3 Å². The van der Waals surface area contributed by atoms with Crippen LogP contribution in [0.25, 0.3) is 0 Å². The van der Waals surface area contributed by atoms with Gasteiger partial charge in [-0.15, -0.1) is 0 Å². The fraction of sp³-hybridized carbons (Fsp3) is 0.424. The van der Waals surface area contributed by atoms with Crippen molar-refractivity contribution in [3.8, 4) is 17.2 Å². The minimum atomic E-state index is -0.308. The predicted octanol–water partition coefficient (Wildman–Crippen LogP) is 9.22. The van der Waals surface area contributed by atoms with E-state index in [-0.39, 0.29) is 18.4 Å². The Hall–Kier alpha value is -2.99. The van der Waals surface area contributed by atoms with Crippen molar-refractivity contribution in [1.29, 1.82) is 0 Å². The van der Waals surface area contributed by atoms with E-state index in [1.54, 1.807) is 0 Å². The van der Waals surface area contributed by atoms with Gasteiger partial charge in [0, 0.05) is 22.0 Å². The Morgan fingerprint density at radius 3 is 2.38 bits per heavy atom. The van der Waals surface area contributed by atoms with Crippen molar-refractivity contribution in [3.63, 3.8) is 0 Å². The number of nitrogens with zero attached hydrogens (tertiary/aromatic N) is 2. The zero-order chi connectivity index (χ0) is 27.2. The molecule has 3 aromatic rings. The van der Waals surface area contributed by atoms with Crippen LogP contribution in [-0.2, 0) is 0 Å². The first-order valence-electron chi connectivity index (χ1n) is 14.3. The average Bonchev–Trinajstić information content (AvgIpc) is 3.39. The van der Waals surface area contributed by atoms with E-state index in [1.165, 1.54) is 32.1 Å². The molecule has 0 bridgehead atoms. The van der Waals surface area contributed by atoms with Gasteiger partial charge in [-0.25, -0.2) is 5.01 Å². The number of unbranched alkanes of at least 4 members (excludes halogenated alkanes) is 5. The van der Waals surface area contributed by atoms with Crippen LogP contribution in [0.5, 0.6) is 17.2 Å². The van der Waals surface area contributed by atoms with Gasteiger partial charge in [-0.1, -0.05) is 55.0 Å². The Kier molecular flexibility index (Phi) is 9.13. The molecule has 2 aliphatic heterocycles. The summed E-state index contributed by atoms with van der Waals surface area (Å²) >= 11 is 3.64. The van der Waals surface area contributed by atoms with Gasteiger partial charge in [0.05, 0.1) is 24.5 Å². The van der Waals surface area contributed by atoms with Crippen LogP contribution in [0.1, 0.15) is 94.7 Å². The van der Waals surface area contributed by atoms with E-state index in [0.29, 0.717) is 0 Å². The quantitative estimate of drug-likeness (QED) is 0.197. The van der Waals surface area contributed by atoms with Gasteiger partial charge in [-0.2, -0.15) is 5.10 Å². The molecular weight excluding hydrogens is 552 g/mol. The van der Waals surface area contributed by atoms with Gasteiger partial charge in [-0.3, -0.25) is 0 Å². The SMILES string of the molecule is CCCCCCCCOc1ccc([C@@H]2Oc3ccc(Br)cc3[C@H]3CC(c4ccc(OC(C)C)cc4)=NN32)cc1. The van der Waals surface area contributed by atoms with Crippen LogP contribution in [-0.4, -0.2) is 23.4 Å². The van der Waals surface area contributed by atoms with E-state index < -0.39 is 0 Å². The number of hydrogen-bond donors (Lipinski definition) is 0. The van der Waals surface area contributed by atoms with Gasteiger partial charge in [0.2, 0.25) is 6.23 Å². The first kappa shape index (κ1) is 27.6. The number of hydrogen-bond acceptors (Lipinski definition) is 5. The Bertz CT molecular complexity index is 1260. The lowest BCUT2D eigenvalue weighted by molar-refractivity contribution is -0.0191. The second-order valence-electron chi connectivity index (χ2n) is 10.7. The van der Waals surface area contributed by atoms with Crippen molar-refractivity contribution < 1.29 is 14.2 Å². The summed E-state index contributed by atoms with van der Waals surface area (Å²) in [6.45, 7) is 7.09. The molecule has 3 aromatic carbocycles. The Labute approximate surface area is 241 Å². The van der Waals surface area contributed by atoms with Crippen molar-refractivity contribution in [2.24, 2.45) is 5.10 Å². The van der Waals surface area contributed by atoms with Crippen LogP contribution in [0.2, 0.25) is 0 Å². The first-order chi connectivity index (χ1) is 19.0. The van der Waals surface area contributed by atoms with E-state index in [9.17, 15) is 0 Å². The molecule has 0 amide bonds. The zero-order valence-electron chi connectivity index (χ0n) is 23.2. The normalized spacial score (nSPS) is 17.9. The lowest BCUT2D eigenvalue weighted by atomic mass is 9.96. The molecule has 206 valence electrons. The fourth-order valence-corrected chi connectivity index (χ4v) is 5.63. The molecule has 0 fully saturated rings. The summed E-state index contributed by atoms with van der Waals surface area (Å²) in [6.07, 6.45) is 8.21. The molecule has 0 aliphatic carbocycles. The summed E-state index contributed by atoms with van der Waals surface area (Å²) < 4.78 is 19.5. The zero-order valence-corrected chi connectivity index (χ0v) is 24.8. The molecule has 0 aromatic heterocycles. The maximum atomic E-state index is 6.56. The van der Waals surface area contributed by atoms with Crippen molar-refractivity contribution >= 4 is 21.6 Å². The third-order valence-electron chi connectivity index (χ3n) is 7.24. The van der Waals surface area contributed by atoms with E-state index in [1.807, 2.05) is 32.0 Å². The standard InChI is InChI=1S/C33H39BrN2O3/c1-4-5-6-7-8-9-20-37-27-15-12-25(13-16-27)33-36-31(29-21-26(34)14-19-32(29)39-33)22-30(35-36)24-10-17-28(18-11-24)38-23(2)3/h10-19,21,23,31,33H,4-9,20,22H2,1-3H3/t31-,33+/m1/s1. The minimum absolute atomic E-state index is 0.0986. The summed E-state index contributed by atoms with van der Waals surface area (Å²) in [5, 5.41) is 7.23. The van der Waals surface area contributed by atoms with Gasteiger partial charge in [0.15, 0.2) is 0 Å². The van der Waals surface area contributed by atoms with E-state index in [4.69, 9.17) is 19.3 Å².